The van der Waals surface area contributed by atoms with Crippen LogP contribution in [0, 0.1) is 12.7 Å². The van der Waals surface area contributed by atoms with E-state index in [0.717, 1.165) is 11.1 Å². The molecule has 23 heavy (non-hydrogen) atoms. The van der Waals surface area contributed by atoms with Gasteiger partial charge in [0.1, 0.15) is 5.82 Å². The highest BCUT2D eigenvalue weighted by Gasteiger charge is 2.11. The van der Waals surface area contributed by atoms with Gasteiger partial charge in [-0.05, 0) is 37.3 Å². The highest BCUT2D eigenvalue weighted by Crippen LogP contribution is 2.18. The Balaban J connectivity index is 1.67. The molecule has 0 fully saturated rings. The summed E-state index contributed by atoms with van der Waals surface area (Å²) in [5.41, 5.74) is 2.15. The first-order valence-electron chi connectivity index (χ1n) is 7.05. The van der Waals surface area contributed by atoms with Crippen LogP contribution in [0.4, 0.5) is 4.39 Å². The van der Waals surface area contributed by atoms with Crippen LogP contribution in [-0.4, -0.2) is 16.0 Å². The summed E-state index contributed by atoms with van der Waals surface area (Å²) in [4.78, 5) is 16.2. The lowest BCUT2D eigenvalue weighted by atomic mass is 10.1. The molecule has 3 rings (SSSR count). The topological polar surface area (TPSA) is 68.0 Å². The highest BCUT2D eigenvalue weighted by molar-refractivity contribution is 5.94. The molecule has 1 amide bonds. The zero-order valence-electron chi connectivity index (χ0n) is 12.4. The Morgan fingerprint density at radius 2 is 2.04 bits per heavy atom. The maximum Gasteiger partial charge on any atom is 0.257 e. The second-order valence-electron chi connectivity index (χ2n) is 5.08. The highest BCUT2D eigenvalue weighted by atomic mass is 19.1. The van der Waals surface area contributed by atoms with Crippen LogP contribution in [0.15, 0.2) is 53.1 Å². The first-order valence-corrected chi connectivity index (χ1v) is 7.05. The summed E-state index contributed by atoms with van der Waals surface area (Å²) in [6.45, 7) is 2.07. The monoisotopic (exact) mass is 311 g/mol. The number of hydrogen-bond donors (Lipinski definition) is 1. The van der Waals surface area contributed by atoms with Crippen molar-refractivity contribution in [3.8, 4) is 11.5 Å². The molecule has 0 aliphatic heterocycles. The van der Waals surface area contributed by atoms with Gasteiger partial charge in [0.15, 0.2) is 5.82 Å². The minimum absolute atomic E-state index is 0.102. The van der Waals surface area contributed by atoms with Crippen LogP contribution in [0.3, 0.4) is 0 Å². The van der Waals surface area contributed by atoms with Crippen molar-refractivity contribution in [2.24, 2.45) is 0 Å². The van der Waals surface area contributed by atoms with Crippen molar-refractivity contribution in [1.82, 2.24) is 15.5 Å². The lowest BCUT2D eigenvalue weighted by molar-refractivity contribution is 0.0949. The molecule has 6 heteroatoms. The van der Waals surface area contributed by atoms with E-state index >= 15 is 0 Å². The van der Waals surface area contributed by atoms with Gasteiger partial charge in [0.05, 0.1) is 6.54 Å². The quantitative estimate of drug-likeness (QED) is 0.804. The Kier molecular flexibility index (Phi) is 4.14. The van der Waals surface area contributed by atoms with Gasteiger partial charge in [-0.25, -0.2) is 4.39 Å². The fourth-order valence-electron chi connectivity index (χ4n) is 2.11. The van der Waals surface area contributed by atoms with Gasteiger partial charge in [-0.3, -0.25) is 4.79 Å². The van der Waals surface area contributed by atoms with Crippen molar-refractivity contribution < 1.29 is 13.7 Å². The number of carbonyl (C=O) groups is 1. The molecule has 0 bridgehead atoms. The second kappa shape index (κ2) is 6.39. The van der Waals surface area contributed by atoms with Gasteiger partial charge < -0.3 is 9.84 Å². The summed E-state index contributed by atoms with van der Waals surface area (Å²) < 4.78 is 18.3. The van der Waals surface area contributed by atoms with Crippen LogP contribution in [0.25, 0.3) is 11.5 Å². The number of aromatic nitrogens is 2. The molecular formula is C17H14FN3O2. The molecule has 0 aliphatic rings. The van der Waals surface area contributed by atoms with Gasteiger partial charge in [0, 0.05) is 11.1 Å². The Bertz CT molecular complexity index is 845. The van der Waals surface area contributed by atoms with Crippen molar-refractivity contribution in [2.75, 3.05) is 0 Å². The Hall–Kier alpha value is -3.02. The summed E-state index contributed by atoms with van der Waals surface area (Å²) in [6.07, 6.45) is 0. The average Bonchev–Trinajstić information content (AvgIpc) is 3.01. The number of halogens is 1. The fourth-order valence-corrected chi connectivity index (χ4v) is 2.11. The maximum atomic E-state index is 13.1. The summed E-state index contributed by atoms with van der Waals surface area (Å²) >= 11 is 0. The third kappa shape index (κ3) is 3.60. The number of nitrogens with zero attached hydrogens (tertiary/aromatic N) is 2. The molecule has 5 nitrogen and oxygen atoms in total. The minimum atomic E-state index is -0.459. The molecular weight excluding hydrogens is 297 g/mol. The molecule has 1 N–H and O–H groups in total. The molecule has 1 aromatic heterocycles. The fraction of sp³-hybridized carbons (Fsp3) is 0.118. The molecule has 116 valence electrons. The Morgan fingerprint density at radius 3 is 2.83 bits per heavy atom. The number of carbonyl (C=O) groups excluding carboxylic acids is 1. The minimum Gasteiger partial charge on any atom is -0.345 e. The molecule has 0 radical (unpaired) electrons. The molecule has 0 saturated heterocycles. The van der Waals surface area contributed by atoms with E-state index in [-0.39, 0.29) is 12.1 Å². The van der Waals surface area contributed by atoms with E-state index in [1.165, 1.54) is 24.3 Å². The van der Waals surface area contributed by atoms with Gasteiger partial charge in [-0.15, -0.1) is 0 Å². The van der Waals surface area contributed by atoms with Crippen molar-refractivity contribution in [3.63, 3.8) is 0 Å². The van der Waals surface area contributed by atoms with E-state index in [4.69, 9.17) is 4.52 Å². The van der Waals surface area contributed by atoms with Crippen LogP contribution in [0.5, 0.6) is 0 Å². The number of rotatable bonds is 4. The number of benzene rings is 2. The third-order valence-electron chi connectivity index (χ3n) is 3.23. The van der Waals surface area contributed by atoms with Gasteiger partial charge in [0.25, 0.3) is 11.8 Å². The number of aryl methyl sites for hydroxylation is 1. The van der Waals surface area contributed by atoms with E-state index in [0.29, 0.717) is 11.7 Å². The van der Waals surface area contributed by atoms with Gasteiger partial charge in [-0.1, -0.05) is 28.9 Å². The van der Waals surface area contributed by atoms with Crippen molar-refractivity contribution in [1.29, 1.82) is 0 Å². The maximum absolute atomic E-state index is 13.1. The van der Waals surface area contributed by atoms with E-state index in [9.17, 15) is 9.18 Å². The SMILES string of the molecule is Cc1cccc(-c2nc(CNC(=O)c3cccc(F)c3)no2)c1. The van der Waals surface area contributed by atoms with Crippen LogP contribution in [0.1, 0.15) is 21.7 Å². The third-order valence-corrected chi connectivity index (χ3v) is 3.23. The summed E-state index contributed by atoms with van der Waals surface area (Å²) in [5.74, 6) is -0.111. The zero-order valence-corrected chi connectivity index (χ0v) is 12.4. The summed E-state index contributed by atoms with van der Waals surface area (Å²) in [5, 5.41) is 6.46. The predicted molar refractivity (Wildman–Crippen MR) is 82.0 cm³/mol. The molecule has 3 aromatic rings. The van der Waals surface area contributed by atoms with E-state index in [2.05, 4.69) is 15.5 Å². The molecule has 0 aliphatic carbocycles. The van der Waals surface area contributed by atoms with Crippen molar-refractivity contribution in [2.45, 2.75) is 13.5 Å². The molecule has 0 saturated carbocycles. The van der Waals surface area contributed by atoms with E-state index < -0.39 is 11.7 Å². The largest absolute Gasteiger partial charge is 0.345 e. The number of amides is 1. The summed E-state index contributed by atoms with van der Waals surface area (Å²) in [7, 11) is 0. The molecule has 0 atom stereocenters. The normalized spacial score (nSPS) is 10.5. The lowest BCUT2D eigenvalue weighted by Gasteiger charge is -2.02. The predicted octanol–water partition coefficient (Wildman–Crippen LogP) is 3.11. The van der Waals surface area contributed by atoms with Gasteiger partial charge in [0.2, 0.25) is 0 Å². The molecule has 0 unspecified atom stereocenters. The second-order valence-corrected chi connectivity index (χ2v) is 5.08. The average molecular weight is 311 g/mol. The van der Waals surface area contributed by atoms with E-state index in [1.54, 1.807) is 0 Å². The van der Waals surface area contributed by atoms with Gasteiger partial charge in [-0.2, -0.15) is 4.98 Å². The molecule has 0 spiro atoms. The lowest BCUT2D eigenvalue weighted by Crippen LogP contribution is -2.23. The van der Waals surface area contributed by atoms with Crippen molar-refractivity contribution in [3.05, 3.63) is 71.3 Å². The van der Waals surface area contributed by atoms with Crippen molar-refractivity contribution >= 4 is 5.91 Å². The number of hydrogen-bond acceptors (Lipinski definition) is 4. The number of nitrogens with one attached hydrogen (secondary N) is 1. The zero-order chi connectivity index (χ0) is 16.2. The first-order chi connectivity index (χ1) is 11.1. The first kappa shape index (κ1) is 14.9. The molecule has 2 aromatic carbocycles. The standard InChI is InChI=1S/C17H14FN3O2/c1-11-4-2-6-13(8-11)17-20-15(21-23-17)10-19-16(22)12-5-3-7-14(18)9-12/h2-9H,10H2,1H3,(H,19,22). The van der Waals surface area contributed by atoms with E-state index in [1.807, 2.05) is 31.2 Å². The molecule has 1 heterocycles. The Labute approximate surface area is 132 Å². The smallest absolute Gasteiger partial charge is 0.257 e. The van der Waals surface area contributed by atoms with Gasteiger partial charge >= 0.3 is 0 Å². The summed E-state index contributed by atoms with van der Waals surface area (Å²) in [6, 6.07) is 13.1. The van der Waals surface area contributed by atoms with Crippen LogP contribution >= 0.6 is 0 Å². The van der Waals surface area contributed by atoms with Crippen LogP contribution < -0.4 is 5.32 Å². The van der Waals surface area contributed by atoms with Crippen LogP contribution in [-0.2, 0) is 6.54 Å². The van der Waals surface area contributed by atoms with Crippen LogP contribution in [0.2, 0.25) is 0 Å². The Morgan fingerprint density at radius 1 is 1.22 bits per heavy atom.